The highest BCUT2D eigenvalue weighted by Crippen LogP contribution is 2.31. The molecule has 0 saturated carbocycles. The summed E-state index contributed by atoms with van der Waals surface area (Å²) < 4.78 is 1.07. The smallest absolute Gasteiger partial charge is 0.170 e. The molecular formula is C14H13BrN2OS. The second kappa shape index (κ2) is 6.12. The second-order valence-electron chi connectivity index (χ2n) is 4.02. The van der Waals surface area contributed by atoms with Crippen LogP contribution in [0.3, 0.4) is 0 Å². The van der Waals surface area contributed by atoms with E-state index in [2.05, 4.69) is 33.2 Å². The highest BCUT2D eigenvalue weighted by molar-refractivity contribution is 9.10. The molecule has 0 bridgehead atoms. The van der Waals surface area contributed by atoms with Gasteiger partial charge in [-0.25, -0.2) is 0 Å². The summed E-state index contributed by atoms with van der Waals surface area (Å²) in [6, 6.07) is 13.9. The Kier molecular flexibility index (Phi) is 4.50. The van der Waals surface area contributed by atoms with E-state index in [-0.39, 0.29) is 5.84 Å². The molecule has 0 aliphatic heterocycles. The summed E-state index contributed by atoms with van der Waals surface area (Å²) in [5.41, 5.74) is 7.39. The molecule has 19 heavy (non-hydrogen) atoms. The molecule has 3 N–H and O–H groups in total. The van der Waals surface area contributed by atoms with Crippen molar-refractivity contribution in [2.24, 2.45) is 10.9 Å². The molecule has 2 aromatic rings. The number of amidine groups is 1. The fourth-order valence-corrected chi connectivity index (χ4v) is 2.76. The first-order valence-corrected chi connectivity index (χ1v) is 7.23. The Morgan fingerprint density at radius 3 is 2.47 bits per heavy atom. The third-order valence-electron chi connectivity index (χ3n) is 2.62. The van der Waals surface area contributed by atoms with E-state index in [1.165, 1.54) is 4.90 Å². The summed E-state index contributed by atoms with van der Waals surface area (Å²) in [4.78, 5) is 2.32. The molecule has 0 saturated heterocycles. The maximum Gasteiger partial charge on any atom is 0.170 e. The summed E-state index contributed by atoms with van der Waals surface area (Å²) >= 11 is 5.11. The van der Waals surface area contributed by atoms with Crippen molar-refractivity contribution in [1.82, 2.24) is 0 Å². The van der Waals surface area contributed by atoms with E-state index < -0.39 is 0 Å². The van der Waals surface area contributed by atoms with Gasteiger partial charge >= 0.3 is 0 Å². The lowest BCUT2D eigenvalue weighted by atomic mass is 10.1. The predicted octanol–water partition coefficient (Wildman–Crippen LogP) is 4.00. The molecule has 0 aliphatic carbocycles. The maximum absolute atomic E-state index is 8.66. The van der Waals surface area contributed by atoms with Crippen LogP contribution >= 0.6 is 27.7 Å². The molecular weight excluding hydrogens is 324 g/mol. The first kappa shape index (κ1) is 14.0. The topological polar surface area (TPSA) is 58.6 Å². The van der Waals surface area contributed by atoms with Crippen molar-refractivity contribution in [2.45, 2.75) is 16.7 Å². The number of hydrogen-bond acceptors (Lipinski definition) is 3. The van der Waals surface area contributed by atoms with Gasteiger partial charge in [-0.05, 0) is 48.9 Å². The lowest BCUT2D eigenvalue weighted by Gasteiger charge is -2.07. The summed E-state index contributed by atoms with van der Waals surface area (Å²) in [7, 11) is 0. The lowest BCUT2D eigenvalue weighted by Crippen LogP contribution is -2.13. The van der Waals surface area contributed by atoms with Crippen LogP contribution in [0.25, 0.3) is 0 Å². The third kappa shape index (κ3) is 3.52. The van der Waals surface area contributed by atoms with E-state index in [0.29, 0.717) is 0 Å². The number of halogens is 1. The Balaban J connectivity index is 2.24. The molecule has 0 unspecified atom stereocenters. The van der Waals surface area contributed by atoms with Crippen LogP contribution in [-0.4, -0.2) is 11.0 Å². The highest BCUT2D eigenvalue weighted by atomic mass is 79.9. The average Bonchev–Trinajstić information content (AvgIpc) is 2.42. The maximum atomic E-state index is 8.66. The molecule has 0 aliphatic rings. The van der Waals surface area contributed by atoms with E-state index >= 15 is 0 Å². The van der Waals surface area contributed by atoms with Crippen LogP contribution < -0.4 is 5.73 Å². The van der Waals surface area contributed by atoms with Gasteiger partial charge in [-0.2, -0.15) is 0 Å². The number of aryl methyl sites for hydroxylation is 1. The number of nitrogens with two attached hydrogens (primary N) is 1. The summed E-state index contributed by atoms with van der Waals surface area (Å²) in [5.74, 6) is 0.128. The largest absolute Gasteiger partial charge is 0.409 e. The SMILES string of the molecule is Cc1cc(/C(N)=N/O)ccc1Sc1ccc(Br)cc1. The van der Waals surface area contributed by atoms with Crippen LogP contribution in [0.1, 0.15) is 11.1 Å². The van der Waals surface area contributed by atoms with Crippen LogP contribution in [0.2, 0.25) is 0 Å². The zero-order valence-electron chi connectivity index (χ0n) is 10.3. The summed E-state index contributed by atoms with van der Waals surface area (Å²) in [6.07, 6.45) is 0. The van der Waals surface area contributed by atoms with Crippen LogP contribution in [0.5, 0.6) is 0 Å². The zero-order valence-corrected chi connectivity index (χ0v) is 12.7. The van der Waals surface area contributed by atoms with E-state index in [9.17, 15) is 0 Å². The van der Waals surface area contributed by atoms with Crippen molar-refractivity contribution in [3.63, 3.8) is 0 Å². The van der Waals surface area contributed by atoms with Crippen molar-refractivity contribution in [3.8, 4) is 0 Å². The van der Waals surface area contributed by atoms with Crippen molar-refractivity contribution in [3.05, 3.63) is 58.1 Å². The van der Waals surface area contributed by atoms with Gasteiger partial charge in [-0.3, -0.25) is 0 Å². The number of benzene rings is 2. The minimum absolute atomic E-state index is 0.128. The fraction of sp³-hybridized carbons (Fsp3) is 0.0714. The standard InChI is InChI=1S/C14H13BrN2OS/c1-9-8-10(14(16)17-18)2-7-13(9)19-12-5-3-11(15)4-6-12/h2-8,18H,1H3,(H2,16,17). The minimum Gasteiger partial charge on any atom is -0.409 e. The van der Waals surface area contributed by atoms with Gasteiger partial charge in [0.15, 0.2) is 5.84 Å². The predicted molar refractivity (Wildman–Crippen MR) is 82.0 cm³/mol. The molecule has 3 nitrogen and oxygen atoms in total. The van der Waals surface area contributed by atoms with Gasteiger partial charge in [0, 0.05) is 19.8 Å². The Bertz CT molecular complexity index is 611. The highest BCUT2D eigenvalue weighted by Gasteiger charge is 2.05. The molecule has 0 radical (unpaired) electrons. The van der Waals surface area contributed by atoms with Crippen LogP contribution in [-0.2, 0) is 0 Å². The zero-order chi connectivity index (χ0) is 13.8. The summed E-state index contributed by atoms with van der Waals surface area (Å²) in [5, 5.41) is 11.7. The Hall–Kier alpha value is -1.46. The van der Waals surface area contributed by atoms with Gasteiger partial charge in [-0.15, -0.1) is 0 Å². The van der Waals surface area contributed by atoms with Crippen molar-refractivity contribution in [1.29, 1.82) is 0 Å². The molecule has 0 amide bonds. The van der Waals surface area contributed by atoms with Crippen LogP contribution in [0, 0.1) is 6.92 Å². The molecule has 0 heterocycles. The number of rotatable bonds is 3. The summed E-state index contributed by atoms with van der Waals surface area (Å²) in [6.45, 7) is 2.01. The van der Waals surface area contributed by atoms with Gasteiger partial charge in [-0.1, -0.05) is 38.9 Å². The van der Waals surface area contributed by atoms with Crippen molar-refractivity contribution < 1.29 is 5.21 Å². The van der Waals surface area contributed by atoms with Gasteiger partial charge in [0.25, 0.3) is 0 Å². The third-order valence-corrected chi connectivity index (χ3v) is 4.33. The van der Waals surface area contributed by atoms with Crippen LogP contribution in [0.15, 0.2) is 61.9 Å². The molecule has 98 valence electrons. The van der Waals surface area contributed by atoms with Crippen molar-refractivity contribution >= 4 is 33.5 Å². The minimum atomic E-state index is 0.128. The first-order valence-electron chi connectivity index (χ1n) is 5.62. The average molecular weight is 337 g/mol. The normalized spacial score (nSPS) is 11.6. The first-order chi connectivity index (χ1) is 9.10. The van der Waals surface area contributed by atoms with E-state index in [1.54, 1.807) is 11.8 Å². The molecule has 0 atom stereocenters. The number of hydrogen-bond donors (Lipinski definition) is 2. The van der Waals surface area contributed by atoms with E-state index in [1.807, 2.05) is 37.3 Å². The van der Waals surface area contributed by atoms with Crippen LogP contribution in [0.4, 0.5) is 0 Å². The van der Waals surface area contributed by atoms with Gasteiger partial charge in [0.2, 0.25) is 0 Å². The molecule has 0 aromatic heterocycles. The molecule has 5 heteroatoms. The Morgan fingerprint density at radius 2 is 1.89 bits per heavy atom. The molecule has 0 spiro atoms. The van der Waals surface area contributed by atoms with Crippen molar-refractivity contribution in [2.75, 3.05) is 0 Å². The lowest BCUT2D eigenvalue weighted by molar-refractivity contribution is 0.318. The van der Waals surface area contributed by atoms with Gasteiger partial charge in [0.1, 0.15) is 0 Å². The molecule has 2 aromatic carbocycles. The van der Waals surface area contributed by atoms with Gasteiger partial charge in [0.05, 0.1) is 0 Å². The molecule has 2 rings (SSSR count). The second-order valence-corrected chi connectivity index (χ2v) is 6.05. The Morgan fingerprint density at radius 1 is 1.21 bits per heavy atom. The number of nitrogens with zero attached hydrogens (tertiary/aromatic N) is 1. The monoisotopic (exact) mass is 336 g/mol. The quantitative estimate of drug-likeness (QED) is 0.385. The molecule has 0 fully saturated rings. The Labute approximate surface area is 124 Å². The van der Waals surface area contributed by atoms with Gasteiger partial charge < -0.3 is 10.9 Å². The fourth-order valence-electron chi connectivity index (χ4n) is 1.61. The number of oxime groups is 1. The van der Waals surface area contributed by atoms with E-state index in [4.69, 9.17) is 10.9 Å². The van der Waals surface area contributed by atoms with E-state index in [0.717, 1.165) is 20.5 Å².